The number of primary sulfonamides is 1. The SMILES string of the molecule is Cc1cc(C)nc(NS(=O)(=O)c2ccc(Nc3c4ccc(Cl)cc4nc4c(C(=O)Nc5ccc(S(N)(=O)=O)cc5)cccc34)cc2)n1. The van der Waals surface area contributed by atoms with Crippen molar-refractivity contribution in [2.75, 3.05) is 15.4 Å². The van der Waals surface area contributed by atoms with E-state index < -0.39 is 26.0 Å². The summed E-state index contributed by atoms with van der Waals surface area (Å²) in [5.41, 5.74) is 3.95. The van der Waals surface area contributed by atoms with Gasteiger partial charge in [-0.25, -0.2) is 41.6 Å². The van der Waals surface area contributed by atoms with Crippen LogP contribution in [0, 0.1) is 13.8 Å². The number of fused-ring (bicyclic) bond motifs is 2. The van der Waals surface area contributed by atoms with Crippen molar-refractivity contribution in [1.82, 2.24) is 15.0 Å². The molecule has 0 aliphatic rings. The topological polar surface area (TPSA) is 186 Å². The van der Waals surface area contributed by atoms with Crippen LogP contribution in [0.15, 0.2) is 101 Å². The molecule has 4 aromatic carbocycles. The first-order chi connectivity index (χ1) is 22.3. The Balaban J connectivity index is 1.35. The van der Waals surface area contributed by atoms with E-state index in [-0.39, 0.29) is 21.3 Å². The molecule has 12 nitrogen and oxygen atoms in total. The number of aromatic nitrogens is 3. The fourth-order valence-corrected chi connectivity index (χ4v) is 6.62. The molecule has 5 N–H and O–H groups in total. The van der Waals surface area contributed by atoms with Gasteiger partial charge in [0, 0.05) is 38.6 Å². The lowest BCUT2D eigenvalue weighted by atomic mass is 10.0. The zero-order chi connectivity index (χ0) is 33.5. The van der Waals surface area contributed by atoms with Gasteiger partial charge in [-0.1, -0.05) is 23.7 Å². The molecule has 2 aromatic heterocycles. The zero-order valence-electron chi connectivity index (χ0n) is 24.8. The molecule has 47 heavy (non-hydrogen) atoms. The van der Waals surface area contributed by atoms with Gasteiger partial charge in [-0.2, -0.15) is 0 Å². The van der Waals surface area contributed by atoms with Crippen molar-refractivity contribution in [3.63, 3.8) is 0 Å². The molecule has 1 amide bonds. The third-order valence-corrected chi connectivity index (χ3v) is 9.60. The number of carbonyl (C=O) groups is 1. The number of benzene rings is 4. The van der Waals surface area contributed by atoms with E-state index in [1.807, 2.05) is 6.07 Å². The molecule has 0 aliphatic carbocycles. The summed E-state index contributed by atoms with van der Waals surface area (Å²) in [6.07, 6.45) is 0. The number of anilines is 4. The van der Waals surface area contributed by atoms with Crippen LogP contribution in [0.3, 0.4) is 0 Å². The van der Waals surface area contributed by atoms with Gasteiger partial charge in [0.15, 0.2) is 0 Å². The molecule has 0 radical (unpaired) electrons. The van der Waals surface area contributed by atoms with Crippen LogP contribution in [0.5, 0.6) is 0 Å². The molecule has 238 valence electrons. The predicted molar refractivity (Wildman–Crippen MR) is 182 cm³/mol. The first-order valence-corrected chi connectivity index (χ1v) is 17.4. The minimum Gasteiger partial charge on any atom is -0.354 e. The zero-order valence-corrected chi connectivity index (χ0v) is 27.2. The number of rotatable bonds is 8. The van der Waals surface area contributed by atoms with Crippen molar-refractivity contribution in [3.8, 4) is 0 Å². The Morgan fingerprint density at radius 2 is 1.38 bits per heavy atom. The number of aryl methyl sites for hydroxylation is 2. The maximum absolute atomic E-state index is 13.5. The third-order valence-electron chi connectivity index (χ3n) is 7.09. The van der Waals surface area contributed by atoms with E-state index in [4.69, 9.17) is 21.7 Å². The lowest BCUT2D eigenvalue weighted by molar-refractivity contribution is 0.102. The van der Waals surface area contributed by atoms with Crippen molar-refractivity contribution in [3.05, 3.63) is 113 Å². The van der Waals surface area contributed by atoms with Crippen LogP contribution in [0.2, 0.25) is 5.02 Å². The summed E-state index contributed by atoms with van der Waals surface area (Å²) >= 11 is 6.31. The summed E-state index contributed by atoms with van der Waals surface area (Å²) in [6.45, 7) is 3.50. The van der Waals surface area contributed by atoms with Gasteiger partial charge in [0.25, 0.3) is 15.9 Å². The van der Waals surface area contributed by atoms with Gasteiger partial charge in [-0.15, -0.1) is 0 Å². The summed E-state index contributed by atoms with van der Waals surface area (Å²) < 4.78 is 51.8. The van der Waals surface area contributed by atoms with Gasteiger partial charge in [0.05, 0.1) is 32.1 Å². The highest BCUT2D eigenvalue weighted by atomic mass is 35.5. The van der Waals surface area contributed by atoms with Gasteiger partial charge in [0.1, 0.15) is 0 Å². The number of para-hydroxylation sites is 1. The maximum atomic E-state index is 13.5. The summed E-state index contributed by atoms with van der Waals surface area (Å²) in [5, 5.41) is 13.1. The van der Waals surface area contributed by atoms with E-state index in [0.29, 0.717) is 55.3 Å². The normalized spacial score (nSPS) is 11.8. The Labute approximate surface area is 275 Å². The number of sulfonamides is 2. The fourth-order valence-electron chi connectivity index (χ4n) is 5.00. The number of halogens is 1. The van der Waals surface area contributed by atoms with E-state index in [0.717, 1.165) is 0 Å². The van der Waals surface area contributed by atoms with Gasteiger partial charge in [-0.05, 0) is 92.7 Å². The molecule has 2 heterocycles. The average molecular weight is 688 g/mol. The van der Waals surface area contributed by atoms with Crippen molar-refractivity contribution < 1.29 is 21.6 Å². The first-order valence-electron chi connectivity index (χ1n) is 14.0. The molecule has 0 fully saturated rings. The van der Waals surface area contributed by atoms with Crippen LogP contribution < -0.4 is 20.5 Å². The van der Waals surface area contributed by atoms with Crippen LogP contribution in [0.25, 0.3) is 21.8 Å². The van der Waals surface area contributed by atoms with Crippen molar-refractivity contribution in [2.24, 2.45) is 5.14 Å². The highest BCUT2D eigenvalue weighted by Crippen LogP contribution is 2.36. The fraction of sp³-hybridized carbons (Fsp3) is 0.0625. The van der Waals surface area contributed by atoms with Crippen molar-refractivity contribution in [2.45, 2.75) is 23.6 Å². The lowest BCUT2D eigenvalue weighted by Gasteiger charge is -2.16. The molecule has 0 unspecified atom stereocenters. The molecule has 15 heteroatoms. The first kappa shape index (κ1) is 31.8. The molecular weight excluding hydrogens is 662 g/mol. The van der Waals surface area contributed by atoms with Gasteiger partial charge in [0.2, 0.25) is 16.0 Å². The predicted octanol–water partition coefficient (Wildman–Crippen LogP) is 5.89. The molecule has 0 atom stereocenters. The molecule has 6 rings (SSSR count). The van der Waals surface area contributed by atoms with E-state index >= 15 is 0 Å². The number of nitrogens with two attached hydrogens (primary N) is 1. The monoisotopic (exact) mass is 687 g/mol. The van der Waals surface area contributed by atoms with Gasteiger partial charge in [-0.3, -0.25) is 4.79 Å². The highest BCUT2D eigenvalue weighted by Gasteiger charge is 2.19. The van der Waals surface area contributed by atoms with Crippen LogP contribution in [-0.4, -0.2) is 37.7 Å². The van der Waals surface area contributed by atoms with Gasteiger partial charge < -0.3 is 10.6 Å². The second-order valence-corrected chi connectivity index (χ2v) is 14.3. The summed E-state index contributed by atoms with van der Waals surface area (Å²) in [4.78, 5) is 26.5. The maximum Gasteiger partial charge on any atom is 0.264 e. The Hall–Kier alpha value is -5.15. The summed E-state index contributed by atoms with van der Waals surface area (Å²) in [7, 11) is -7.86. The summed E-state index contributed by atoms with van der Waals surface area (Å²) in [6, 6.07) is 23.7. The molecule has 6 aromatic rings. The smallest absolute Gasteiger partial charge is 0.264 e. The average Bonchev–Trinajstić information content (AvgIpc) is 3.00. The van der Waals surface area contributed by atoms with E-state index in [1.54, 1.807) is 62.4 Å². The van der Waals surface area contributed by atoms with Crippen molar-refractivity contribution in [1.29, 1.82) is 0 Å². The molecule has 0 aliphatic heterocycles. The Morgan fingerprint density at radius 1 is 0.745 bits per heavy atom. The second-order valence-electron chi connectivity index (χ2n) is 10.6. The van der Waals surface area contributed by atoms with Gasteiger partial charge >= 0.3 is 0 Å². The number of amides is 1. The third kappa shape index (κ3) is 6.85. The second kappa shape index (κ2) is 12.2. The minimum absolute atomic E-state index is 0.0121. The number of nitrogens with one attached hydrogen (secondary N) is 3. The van der Waals surface area contributed by atoms with E-state index in [2.05, 4.69) is 25.3 Å². The molecular formula is C32H26ClN7O5S2. The molecule has 0 saturated carbocycles. The van der Waals surface area contributed by atoms with E-state index in [9.17, 15) is 21.6 Å². The Kier molecular flexibility index (Phi) is 8.27. The number of pyridine rings is 1. The molecule has 0 saturated heterocycles. The number of nitrogens with zero attached hydrogens (tertiary/aromatic N) is 3. The minimum atomic E-state index is -3.97. The standard InChI is InChI=1S/C32H26ClN7O5S2/c1-18-16-19(2)36-32(35-18)40-47(44,45)24-13-9-21(10-14-24)37-29-25-15-6-20(33)17-28(25)39-30-26(29)4-3-5-27(30)31(41)38-22-7-11-23(12-8-22)46(34,42)43/h3-17H,1-2H3,(H,37,39)(H,38,41)(H2,34,42,43)(H,35,36,40). The van der Waals surface area contributed by atoms with Crippen LogP contribution in [-0.2, 0) is 20.0 Å². The Morgan fingerprint density at radius 3 is 2.04 bits per heavy atom. The number of carbonyl (C=O) groups excluding carboxylic acids is 1. The largest absolute Gasteiger partial charge is 0.354 e. The van der Waals surface area contributed by atoms with E-state index in [1.165, 1.54) is 36.4 Å². The van der Waals surface area contributed by atoms with Crippen LogP contribution >= 0.6 is 11.6 Å². The van der Waals surface area contributed by atoms with Crippen LogP contribution in [0.1, 0.15) is 21.7 Å². The number of hydrogen-bond acceptors (Lipinski definition) is 9. The van der Waals surface area contributed by atoms with Crippen LogP contribution in [0.4, 0.5) is 23.0 Å². The number of hydrogen-bond donors (Lipinski definition) is 4. The highest BCUT2D eigenvalue weighted by molar-refractivity contribution is 7.92. The van der Waals surface area contributed by atoms with Crippen molar-refractivity contribution >= 4 is 82.4 Å². The summed E-state index contributed by atoms with van der Waals surface area (Å²) in [5.74, 6) is -0.493. The molecule has 0 spiro atoms. The Bertz CT molecular complexity index is 2400. The lowest BCUT2D eigenvalue weighted by Crippen LogP contribution is -2.15. The quantitative estimate of drug-likeness (QED) is 0.142. The molecule has 0 bridgehead atoms.